The minimum Gasteiger partial charge on any atom is -0.324 e. The zero-order chi connectivity index (χ0) is 26.2. The van der Waals surface area contributed by atoms with Gasteiger partial charge in [0.15, 0.2) is 0 Å². The van der Waals surface area contributed by atoms with Crippen molar-refractivity contribution in [2.45, 2.75) is 24.3 Å². The van der Waals surface area contributed by atoms with Crippen LogP contribution in [0.2, 0.25) is 0 Å². The highest BCUT2D eigenvalue weighted by molar-refractivity contribution is 7.89. The lowest BCUT2D eigenvalue weighted by Crippen LogP contribution is -2.26. The molecule has 2 N–H and O–H groups in total. The molecule has 1 amide bonds. The maximum absolute atomic E-state index is 13.2. The molecule has 1 atom stereocenters. The van der Waals surface area contributed by atoms with Crippen LogP contribution in [0.3, 0.4) is 0 Å². The highest BCUT2D eigenvalue weighted by Gasteiger charge is 2.25. The molecular formula is C27H24FN5O3S. The Morgan fingerprint density at radius 1 is 1.00 bits per heavy atom. The second-order valence-corrected chi connectivity index (χ2v) is 10.5. The molecular weight excluding hydrogens is 493 g/mol. The second kappa shape index (κ2) is 9.72. The van der Waals surface area contributed by atoms with Crippen molar-refractivity contribution < 1.29 is 17.6 Å². The Balaban J connectivity index is 1.35. The molecule has 8 nitrogen and oxygen atoms in total. The van der Waals surface area contributed by atoms with Crippen molar-refractivity contribution in [2.24, 2.45) is 0 Å². The molecule has 1 aliphatic rings. The Morgan fingerprint density at radius 3 is 2.43 bits per heavy atom. The van der Waals surface area contributed by atoms with Gasteiger partial charge in [-0.2, -0.15) is 0 Å². The number of benzene rings is 3. The zero-order valence-electron chi connectivity index (χ0n) is 20.1. The Hall–Kier alpha value is -4.15. The lowest BCUT2D eigenvalue weighted by Gasteiger charge is -2.17. The molecule has 10 heteroatoms. The number of aromatic nitrogens is 2. The normalized spacial score (nSPS) is 13.9. The van der Waals surface area contributed by atoms with Gasteiger partial charge in [0.25, 0.3) is 0 Å². The van der Waals surface area contributed by atoms with E-state index < -0.39 is 16.1 Å². The first-order chi connectivity index (χ1) is 17.7. The van der Waals surface area contributed by atoms with Gasteiger partial charge < -0.3 is 10.2 Å². The molecule has 3 aromatic carbocycles. The predicted molar refractivity (Wildman–Crippen MR) is 139 cm³/mol. The standard InChI is InChI=1S/C27H24FN5O3S/c1-17(18-7-9-20(28)10-8-18)32-37(35,36)22-13-11-21(12-14-22)30-27-29-16-19-15-25(34)33(2)24-6-4-3-5-23(24)26(19)31-27/h3-14,16-17,32H,15H2,1-2H3,(H,29,30,31). The number of nitrogens with one attached hydrogen (secondary N) is 2. The van der Waals surface area contributed by atoms with E-state index in [9.17, 15) is 17.6 Å². The van der Waals surface area contributed by atoms with Gasteiger partial charge in [0.2, 0.25) is 21.9 Å². The van der Waals surface area contributed by atoms with Gasteiger partial charge in [0, 0.05) is 36.1 Å². The molecule has 0 aliphatic carbocycles. The number of hydrogen-bond donors (Lipinski definition) is 2. The lowest BCUT2D eigenvalue weighted by atomic mass is 10.1. The third-order valence-corrected chi connectivity index (χ3v) is 7.78. The van der Waals surface area contributed by atoms with Crippen LogP contribution in [0.5, 0.6) is 0 Å². The van der Waals surface area contributed by atoms with Crippen molar-refractivity contribution in [2.75, 3.05) is 17.3 Å². The number of amides is 1. The lowest BCUT2D eigenvalue weighted by molar-refractivity contribution is -0.117. The Kier molecular flexibility index (Phi) is 6.45. The summed E-state index contributed by atoms with van der Waals surface area (Å²) in [4.78, 5) is 23.3. The number of likely N-dealkylation sites (N-methyl/N-ethyl adjacent to an activating group) is 1. The first-order valence-electron chi connectivity index (χ1n) is 11.6. The van der Waals surface area contributed by atoms with E-state index >= 15 is 0 Å². The fourth-order valence-corrected chi connectivity index (χ4v) is 5.41. The second-order valence-electron chi connectivity index (χ2n) is 8.76. The molecule has 0 bridgehead atoms. The Bertz CT molecular complexity index is 1570. The minimum atomic E-state index is -3.81. The quantitative estimate of drug-likeness (QED) is 0.388. The number of carbonyl (C=O) groups excluding carboxylic acids is 1. The number of nitrogens with zero attached hydrogens (tertiary/aromatic N) is 3. The average molecular weight is 518 g/mol. The smallest absolute Gasteiger partial charge is 0.241 e. The van der Waals surface area contributed by atoms with Crippen LogP contribution in [0.15, 0.2) is 83.9 Å². The number of hydrogen-bond acceptors (Lipinski definition) is 6. The maximum Gasteiger partial charge on any atom is 0.241 e. The molecule has 5 rings (SSSR count). The monoisotopic (exact) mass is 517 g/mol. The van der Waals surface area contributed by atoms with Gasteiger partial charge in [-0.15, -0.1) is 0 Å². The van der Waals surface area contributed by atoms with Crippen LogP contribution in [-0.2, 0) is 21.2 Å². The average Bonchev–Trinajstić information content (AvgIpc) is 2.99. The van der Waals surface area contributed by atoms with E-state index in [-0.39, 0.29) is 23.0 Å². The first kappa shape index (κ1) is 24.5. The largest absolute Gasteiger partial charge is 0.324 e. The Morgan fingerprint density at radius 2 is 1.70 bits per heavy atom. The van der Waals surface area contributed by atoms with Gasteiger partial charge in [-0.1, -0.05) is 30.3 Å². The van der Waals surface area contributed by atoms with Crippen LogP contribution in [0, 0.1) is 5.82 Å². The van der Waals surface area contributed by atoms with Gasteiger partial charge in [-0.05, 0) is 55.0 Å². The highest BCUT2D eigenvalue weighted by Crippen LogP contribution is 2.35. The summed E-state index contributed by atoms with van der Waals surface area (Å²) in [6.07, 6.45) is 1.83. The van der Waals surface area contributed by atoms with E-state index in [4.69, 9.17) is 0 Å². The number of fused-ring (bicyclic) bond motifs is 3. The SMILES string of the molecule is CC(NS(=O)(=O)c1ccc(Nc2ncc3c(n2)-c2ccccc2N(C)C(=O)C3)cc1)c1ccc(F)cc1. The van der Waals surface area contributed by atoms with Crippen molar-refractivity contribution in [3.8, 4) is 11.3 Å². The summed E-state index contributed by atoms with van der Waals surface area (Å²) in [5, 5.41) is 3.11. The summed E-state index contributed by atoms with van der Waals surface area (Å²) in [6.45, 7) is 1.69. The van der Waals surface area contributed by atoms with E-state index in [0.29, 0.717) is 22.9 Å². The van der Waals surface area contributed by atoms with Crippen molar-refractivity contribution in [1.29, 1.82) is 0 Å². The van der Waals surface area contributed by atoms with E-state index in [1.165, 1.54) is 24.3 Å². The van der Waals surface area contributed by atoms with E-state index in [1.54, 1.807) is 49.3 Å². The van der Waals surface area contributed by atoms with E-state index in [1.807, 2.05) is 24.3 Å². The minimum absolute atomic E-state index is 0.0466. The number of sulfonamides is 1. The van der Waals surface area contributed by atoms with Gasteiger partial charge in [0.1, 0.15) is 5.82 Å². The molecule has 0 spiro atoms. The van der Waals surface area contributed by atoms with Crippen molar-refractivity contribution >= 4 is 33.3 Å². The fourth-order valence-electron chi connectivity index (χ4n) is 4.18. The number of halogens is 1. The summed E-state index contributed by atoms with van der Waals surface area (Å²) in [5.41, 5.74) is 4.25. The molecule has 1 aliphatic heterocycles. The molecule has 1 aromatic heterocycles. The van der Waals surface area contributed by atoms with E-state index in [0.717, 1.165) is 16.8 Å². The molecule has 0 radical (unpaired) electrons. The third-order valence-electron chi connectivity index (χ3n) is 6.22. The molecule has 37 heavy (non-hydrogen) atoms. The first-order valence-corrected chi connectivity index (χ1v) is 13.1. The molecule has 1 unspecified atom stereocenters. The number of carbonyl (C=O) groups is 1. The summed E-state index contributed by atoms with van der Waals surface area (Å²) in [6, 6.07) is 18.9. The summed E-state index contributed by atoms with van der Waals surface area (Å²) < 4.78 is 41.5. The zero-order valence-corrected chi connectivity index (χ0v) is 21.0. The number of rotatable bonds is 6. The number of anilines is 3. The van der Waals surface area contributed by atoms with Gasteiger partial charge >= 0.3 is 0 Å². The Labute approximate surface area is 214 Å². The summed E-state index contributed by atoms with van der Waals surface area (Å²) >= 11 is 0. The molecule has 0 saturated carbocycles. The molecule has 2 heterocycles. The van der Waals surface area contributed by atoms with Gasteiger partial charge in [0.05, 0.1) is 22.7 Å². The van der Waals surface area contributed by atoms with Crippen LogP contribution in [0.4, 0.5) is 21.7 Å². The van der Waals surface area contributed by atoms with Crippen LogP contribution in [-0.4, -0.2) is 31.3 Å². The van der Waals surface area contributed by atoms with Crippen LogP contribution >= 0.6 is 0 Å². The molecule has 0 fully saturated rings. The summed E-state index contributed by atoms with van der Waals surface area (Å²) in [7, 11) is -2.07. The van der Waals surface area contributed by atoms with Crippen LogP contribution < -0.4 is 14.9 Å². The van der Waals surface area contributed by atoms with Crippen LogP contribution in [0.1, 0.15) is 24.1 Å². The van der Waals surface area contributed by atoms with E-state index in [2.05, 4.69) is 20.0 Å². The fraction of sp³-hybridized carbons (Fsp3) is 0.148. The van der Waals surface area contributed by atoms with Crippen molar-refractivity contribution in [3.05, 3.63) is 95.9 Å². The number of para-hydroxylation sites is 1. The predicted octanol–water partition coefficient (Wildman–Crippen LogP) is 4.58. The van der Waals surface area contributed by atoms with Crippen LogP contribution in [0.25, 0.3) is 11.3 Å². The molecule has 188 valence electrons. The third kappa shape index (κ3) is 5.07. The van der Waals surface area contributed by atoms with Gasteiger partial charge in [-0.25, -0.2) is 27.5 Å². The molecule has 4 aromatic rings. The highest BCUT2D eigenvalue weighted by atomic mass is 32.2. The topological polar surface area (TPSA) is 104 Å². The van der Waals surface area contributed by atoms with Crippen molar-refractivity contribution in [1.82, 2.24) is 14.7 Å². The molecule has 0 saturated heterocycles. The van der Waals surface area contributed by atoms with Gasteiger partial charge in [-0.3, -0.25) is 4.79 Å². The maximum atomic E-state index is 13.2. The summed E-state index contributed by atoms with van der Waals surface area (Å²) in [5.74, 6) is -0.107. The van der Waals surface area contributed by atoms with Crippen molar-refractivity contribution in [3.63, 3.8) is 0 Å².